The van der Waals surface area contributed by atoms with Crippen LogP contribution in [-0.4, -0.2) is 132 Å². The number of amides is 4. The van der Waals surface area contributed by atoms with Crippen molar-refractivity contribution in [3.8, 4) is 0 Å². The van der Waals surface area contributed by atoms with E-state index >= 15 is 0 Å². The normalized spacial score (nSPS) is 20.6. The first-order valence-corrected chi connectivity index (χ1v) is 19.9. The van der Waals surface area contributed by atoms with Gasteiger partial charge in [-0.15, -0.1) is 0 Å². The number of anilines is 1. The number of fused-ring (bicyclic) bond motifs is 2. The minimum Gasteiger partial charge on any atom is -0.436 e. The Morgan fingerprint density at radius 1 is 0.925 bits per heavy atom. The highest BCUT2D eigenvalue weighted by molar-refractivity contribution is 7.86. The van der Waals surface area contributed by atoms with Crippen LogP contribution in [0, 0.1) is 6.92 Å². The number of urea groups is 1. The zero-order valence-electron chi connectivity index (χ0n) is 30.2. The van der Waals surface area contributed by atoms with Gasteiger partial charge in [0.2, 0.25) is 0 Å². The predicted octanol–water partition coefficient (Wildman–Crippen LogP) is 1.85. The van der Waals surface area contributed by atoms with Crippen LogP contribution in [0.3, 0.4) is 0 Å². The number of rotatable bonds is 7. The van der Waals surface area contributed by atoms with E-state index in [1.54, 1.807) is 22.9 Å². The maximum Gasteiger partial charge on any atom is 0.419 e. The molecule has 1 atom stereocenters. The summed E-state index contributed by atoms with van der Waals surface area (Å²) in [5.74, 6) is -0.780. The van der Waals surface area contributed by atoms with E-state index in [0.29, 0.717) is 101 Å². The number of hydrogen-bond acceptors (Lipinski definition) is 9. The monoisotopic (exact) mass is 752 g/mol. The van der Waals surface area contributed by atoms with Gasteiger partial charge in [0.05, 0.1) is 5.52 Å². The number of hydrogen-bond donors (Lipinski definition) is 2. The SMILES string of the molecule is Cc1cc(C[C@@H](OC(=O)N2CCC(N3CCc4ccccc4NC3=O)CC2)C(=O)N2CCC(N3CCN(S(N)(=O)=O)CC3)CC2)cc2oc(=O)n(C)c12. The van der Waals surface area contributed by atoms with E-state index in [9.17, 15) is 27.6 Å². The first-order chi connectivity index (χ1) is 25.4. The van der Waals surface area contributed by atoms with Gasteiger partial charge in [-0.3, -0.25) is 14.3 Å². The Labute approximate surface area is 308 Å². The van der Waals surface area contributed by atoms with Crippen molar-refractivity contribution in [1.29, 1.82) is 0 Å². The Hall–Kier alpha value is -4.45. The highest BCUT2D eigenvalue weighted by atomic mass is 32.2. The Kier molecular flexibility index (Phi) is 10.5. The van der Waals surface area contributed by atoms with E-state index < -0.39 is 28.2 Å². The summed E-state index contributed by atoms with van der Waals surface area (Å²) >= 11 is 0. The summed E-state index contributed by atoms with van der Waals surface area (Å²) in [4.78, 5) is 60.8. The van der Waals surface area contributed by atoms with Gasteiger partial charge in [-0.25, -0.2) is 19.5 Å². The molecule has 0 radical (unpaired) electrons. The molecule has 16 nitrogen and oxygen atoms in total. The number of ether oxygens (including phenoxy) is 1. The number of aromatic nitrogens is 1. The number of para-hydroxylation sites is 1. The van der Waals surface area contributed by atoms with E-state index in [2.05, 4.69) is 10.2 Å². The van der Waals surface area contributed by atoms with E-state index in [0.717, 1.165) is 23.2 Å². The molecular weight excluding hydrogens is 705 g/mol. The molecule has 0 unspecified atom stereocenters. The number of likely N-dealkylation sites (tertiary alicyclic amines) is 2. The molecule has 3 saturated heterocycles. The molecule has 5 heterocycles. The number of nitrogens with one attached hydrogen (secondary N) is 1. The van der Waals surface area contributed by atoms with Crippen LogP contribution < -0.4 is 16.2 Å². The second-order valence-electron chi connectivity index (χ2n) is 14.5. The van der Waals surface area contributed by atoms with Gasteiger partial charge in [0.15, 0.2) is 11.7 Å². The van der Waals surface area contributed by atoms with E-state index in [-0.39, 0.29) is 30.4 Å². The molecule has 0 bridgehead atoms. The van der Waals surface area contributed by atoms with Crippen LogP contribution in [0.5, 0.6) is 0 Å². The third-order valence-corrected chi connectivity index (χ3v) is 12.4. The minimum absolute atomic E-state index is 0.0370. The fourth-order valence-electron chi connectivity index (χ4n) is 8.36. The summed E-state index contributed by atoms with van der Waals surface area (Å²) in [6.07, 6.45) is 1.71. The van der Waals surface area contributed by atoms with Gasteiger partial charge >= 0.3 is 17.9 Å². The van der Waals surface area contributed by atoms with E-state index in [1.807, 2.05) is 42.2 Å². The predicted molar refractivity (Wildman–Crippen MR) is 196 cm³/mol. The number of carbonyl (C=O) groups excluding carboxylic acids is 3. The van der Waals surface area contributed by atoms with Gasteiger partial charge in [-0.1, -0.05) is 24.3 Å². The average molecular weight is 753 g/mol. The van der Waals surface area contributed by atoms with Gasteiger partial charge in [0, 0.05) is 90.1 Å². The van der Waals surface area contributed by atoms with Crippen molar-refractivity contribution in [3.05, 3.63) is 63.6 Å². The molecule has 3 aromatic rings. The number of carbonyl (C=O) groups is 3. The Morgan fingerprint density at radius 2 is 1.58 bits per heavy atom. The molecule has 0 spiro atoms. The van der Waals surface area contributed by atoms with Crippen LogP contribution in [0.1, 0.15) is 42.4 Å². The minimum atomic E-state index is -3.72. The van der Waals surface area contributed by atoms with Crippen molar-refractivity contribution in [2.75, 3.05) is 64.2 Å². The number of piperazine rings is 1. The molecule has 2 aromatic carbocycles. The second-order valence-corrected chi connectivity index (χ2v) is 16.1. The van der Waals surface area contributed by atoms with Crippen LogP contribution in [0.4, 0.5) is 15.3 Å². The van der Waals surface area contributed by atoms with Crippen LogP contribution in [0.2, 0.25) is 0 Å². The smallest absolute Gasteiger partial charge is 0.419 e. The molecule has 286 valence electrons. The fourth-order valence-corrected chi connectivity index (χ4v) is 9.04. The lowest BCUT2D eigenvalue weighted by Gasteiger charge is -2.42. The number of nitrogens with two attached hydrogens (primary N) is 1. The quantitative estimate of drug-likeness (QED) is 0.364. The van der Waals surface area contributed by atoms with Gasteiger partial charge in [-0.2, -0.15) is 12.7 Å². The number of benzene rings is 2. The summed E-state index contributed by atoms with van der Waals surface area (Å²) in [6, 6.07) is 11.4. The first kappa shape index (κ1) is 36.9. The van der Waals surface area contributed by atoms with Crippen molar-refractivity contribution in [2.45, 2.75) is 63.6 Å². The molecule has 53 heavy (non-hydrogen) atoms. The standard InChI is InChI=1S/C36H48N8O8S/c1-24-21-25(22-30-32(24)39(2)35(47)51-30)23-31(33(45)41-12-8-27(9-13-41)40-17-19-43(20-18-40)53(37,49)50)52-36(48)42-14-10-28(11-15-42)44-16-7-26-5-3-4-6-29(26)38-34(44)46/h3-6,21-22,27-28,31H,7-20,23H2,1-2H3,(H,38,46)(H2,37,49,50)/t31-/m1/s1. The van der Waals surface area contributed by atoms with Gasteiger partial charge < -0.3 is 29.2 Å². The third kappa shape index (κ3) is 7.93. The maximum absolute atomic E-state index is 14.2. The van der Waals surface area contributed by atoms with Crippen molar-refractivity contribution >= 4 is 45.0 Å². The summed E-state index contributed by atoms with van der Waals surface area (Å²) in [7, 11) is -2.08. The number of piperidine rings is 2. The number of oxazole rings is 1. The van der Waals surface area contributed by atoms with Crippen LogP contribution in [-0.2, 0) is 39.6 Å². The number of nitrogens with zero attached hydrogens (tertiary/aromatic N) is 6. The molecule has 7 rings (SSSR count). The first-order valence-electron chi connectivity index (χ1n) is 18.4. The Bertz CT molecular complexity index is 2030. The van der Waals surface area contributed by atoms with Gasteiger partial charge in [0.25, 0.3) is 16.1 Å². The average Bonchev–Trinajstić information content (AvgIpc) is 3.32. The van der Waals surface area contributed by atoms with Crippen molar-refractivity contribution < 1.29 is 32.0 Å². The molecule has 3 N–H and O–H groups in total. The topological polar surface area (TPSA) is 184 Å². The largest absolute Gasteiger partial charge is 0.436 e. The summed E-state index contributed by atoms with van der Waals surface area (Å²) in [5.41, 5.74) is 4.48. The molecule has 17 heteroatoms. The van der Waals surface area contributed by atoms with Gasteiger partial charge in [0.1, 0.15) is 0 Å². The third-order valence-electron chi connectivity index (χ3n) is 11.3. The fraction of sp³-hybridized carbons (Fsp3) is 0.556. The van der Waals surface area contributed by atoms with Gasteiger partial charge in [-0.05, 0) is 67.9 Å². The molecule has 4 amide bonds. The zero-order valence-corrected chi connectivity index (χ0v) is 31.1. The van der Waals surface area contributed by atoms with E-state index in [4.69, 9.17) is 14.3 Å². The lowest BCUT2D eigenvalue weighted by molar-refractivity contribution is -0.142. The molecule has 4 aliphatic heterocycles. The van der Waals surface area contributed by atoms with Crippen LogP contribution >= 0.6 is 0 Å². The Balaban J connectivity index is 1.01. The lowest BCUT2D eigenvalue weighted by atomic mass is 9.99. The molecule has 0 aliphatic carbocycles. The van der Waals surface area contributed by atoms with Crippen LogP contribution in [0.25, 0.3) is 11.1 Å². The molecule has 0 saturated carbocycles. The van der Waals surface area contributed by atoms with Crippen molar-refractivity contribution in [3.63, 3.8) is 0 Å². The molecule has 1 aromatic heterocycles. The van der Waals surface area contributed by atoms with Crippen LogP contribution in [0.15, 0.2) is 45.6 Å². The highest BCUT2D eigenvalue weighted by Crippen LogP contribution is 2.27. The molecular formula is C36H48N8O8S. The molecule has 3 fully saturated rings. The molecule has 4 aliphatic rings. The Morgan fingerprint density at radius 3 is 2.28 bits per heavy atom. The summed E-state index contributed by atoms with van der Waals surface area (Å²) in [5, 5.41) is 8.34. The zero-order chi connectivity index (χ0) is 37.4. The number of aryl methyl sites for hydroxylation is 2. The highest BCUT2D eigenvalue weighted by Gasteiger charge is 2.37. The lowest BCUT2D eigenvalue weighted by Crippen LogP contribution is -2.56. The summed E-state index contributed by atoms with van der Waals surface area (Å²) in [6.45, 7) is 5.94. The van der Waals surface area contributed by atoms with E-state index in [1.165, 1.54) is 8.87 Å². The summed E-state index contributed by atoms with van der Waals surface area (Å²) < 4.78 is 37.8. The maximum atomic E-state index is 14.2. The second kappa shape index (κ2) is 15.1. The van der Waals surface area contributed by atoms with Crippen molar-refractivity contribution in [1.82, 2.24) is 28.5 Å². The van der Waals surface area contributed by atoms with Crippen molar-refractivity contribution in [2.24, 2.45) is 12.2 Å².